The SMILES string of the molecule is COC(=O)C(NC(=O)Nc1ccccn1)C(C)C. The van der Waals surface area contributed by atoms with Crippen molar-refractivity contribution < 1.29 is 14.3 Å². The van der Waals surface area contributed by atoms with E-state index in [1.165, 1.54) is 7.11 Å². The Morgan fingerprint density at radius 1 is 1.33 bits per heavy atom. The van der Waals surface area contributed by atoms with Gasteiger partial charge in [0.2, 0.25) is 0 Å². The van der Waals surface area contributed by atoms with Gasteiger partial charge in [0.25, 0.3) is 0 Å². The summed E-state index contributed by atoms with van der Waals surface area (Å²) in [4.78, 5) is 27.1. The zero-order valence-electron chi connectivity index (χ0n) is 10.6. The van der Waals surface area contributed by atoms with Crippen LogP contribution in [0.5, 0.6) is 0 Å². The summed E-state index contributed by atoms with van der Waals surface area (Å²) < 4.78 is 4.63. The number of esters is 1. The highest BCUT2D eigenvalue weighted by Gasteiger charge is 2.24. The molecule has 98 valence electrons. The molecule has 0 saturated heterocycles. The molecular weight excluding hydrogens is 234 g/mol. The van der Waals surface area contributed by atoms with Gasteiger partial charge in [0.1, 0.15) is 11.9 Å². The third-order valence-corrected chi connectivity index (χ3v) is 2.31. The van der Waals surface area contributed by atoms with E-state index in [-0.39, 0.29) is 5.92 Å². The third kappa shape index (κ3) is 4.04. The molecule has 0 aliphatic rings. The molecule has 0 aromatic carbocycles. The lowest BCUT2D eigenvalue weighted by atomic mass is 10.1. The van der Waals surface area contributed by atoms with Gasteiger partial charge < -0.3 is 10.1 Å². The summed E-state index contributed by atoms with van der Waals surface area (Å²) in [6, 6.07) is 3.98. The first-order chi connectivity index (χ1) is 8.54. The summed E-state index contributed by atoms with van der Waals surface area (Å²) in [5.41, 5.74) is 0. The fourth-order valence-electron chi connectivity index (χ4n) is 1.36. The molecule has 2 N–H and O–H groups in total. The van der Waals surface area contributed by atoms with Crippen molar-refractivity contribution in [2.75, 3.05) is 12.4 Å². The largest absolute Gasteiger partial charge is 0.467 e. The van der Waals surface area contributed by atoms with Crippen LogP contribution >= 0.6 is 0 Å². The highest BCUT2D eigenvalue weighted by Crippen LogP contribution is 2.05. The molecule has 0 saturated carbocycles. The van der Waals surface area contributed by atoms with Crippen LogP contribution in [-0.2, 0) is 9.53 Å². The lowest BCUT2D eigenvalue weighted by molar-refractivity contribution is -0.143. The van der Waals surface area contributed by atoms with Crippen molar-refractivity contribution in [3.8, 4) is 0 Å². The monoisotopic (exact) mass is 251 g/mol. The van der Waals surface area contributed by atoms with E-state index in [2.05, 4.69) is 20.4 Å². The van der Waals surface area contributed by atoms with Gasteiger partial charge in [0.05, 0.1) is 7.11 Å². The van der Waals surface area contributed by atoms with Crippen LogP contribution in [0, 0.1) is 5.92 Å². The first-order valence-electron chi connectivity index (χ1n) is 5.61. The van der Waals surface area contributed by atoms with Crippen LogP contribution in [0.15, 0.2) is 24.4 Å². The number of nitrogens with one attached hydrogen (secondary N) is 2. The van der Waals surface area contributed by atoms with Crippen molar-refractivity contribution in [2.24, 2.45) is 5.92 Å². The first kappa shape index (κ1) is 14.0. The van der Waals surface area contributed by atoms with Gasteiger partial charge in [-0.1, -0.05) is 19.9 Å². The van der Waals surface area contributed by atoms with Gasteiger partial charge in [0.15, 0.2) is 0 Å². The second-order valence-electron chi connectivity index (χ2n) is 4.06. The number of carbonyl (C=O) groups excluding carboxylic acids is 2. The van der Waals surface area contributed by atoms with E-state index in [1.54, 1.807) is 24.4 Å². The zero-order valence-corrected chi connectivity index (χ0v) is 10.6. The first-order valence-corrected chi connectivity index (χ1v) is 5.61. The maximum Gasteiger partial charge on any atom is 0.328 e. The van der Waals surface area contributed by atoms with Crippen molar-refractivity contribution in [2.45, 2.75) is 19.9 Å². The van der Waals surface area contributed by atoms with E-state index < -0.39 is 18.0 Å². The Labute approximate surface area is 106 Å². The van der Waals surface area contributed by atoms with Crippen LogP contribution in [0.1, 0.15) is 13.8 Å². The number of methoxy groups -OCH3 is 1. The van der Waals surface area contributed by atoms with E-state index in [4.69, 9.17) is 0 Å². The van der Waals surface area contributed by atoms with E-state index in [0.717, 1.165) is 0 Å². The molecule has 1 rings (SSSR count). The van der Waals surface area contributed by atoms with Crippen LogP contribution < -0.4 is 10.6 Å². The Hall–Kier alpha value is -2.11. The van der Waals surface area contributed by atoms with Crippen LogP contribution in [0.4, 0.5) is 10.6 Å². The third-order valence-electron chi connectivity index (χ3n) is 2.31. The molecule has 1 unspecified atom stereocenters. The minimum absolute atomic E-state index is 0.0630. The number of amides is 2. The molecule has 2 amide bonds. The quantitative estimate of drug-likeness (QED) is 0.793. The Balaban J connectivity index is 2.60. The summed E-state index contributed by atoms with van der Waals surface area (Å²) in [5.74, 6) is -0.115. The van der Waals surface area contributed by atoms with Crippen molar-refractivity contribution in [3.05, 3.63) is 24.4 Å². The topological polar surface area (TPSA) is 80.3 Å². The summed E-state index contributed by atoms with van der Waals surface area (Å²) in [7, 11) is 1.29. The number of ether oxygens (including phenoxy) is 1. The van der Waals surface area contributed by atoms with E-state index in [9.17, 15) is 9.59 Å². The molecule has 18 heavy (non-hydrogen) atoms. The molecule has 0 aliphatic carbocycles. The molecular formula is C12H17N3O3. The summed E-state index contributed by atoms with van der Waals surface area (Å²) >= 11 is 0. The Morgan fingerprint density at radius 2 is 2.06 bits per heavy atom. The minimum Gasteiger partial charge on any atom is -0.467 e. The van der Waals surface area contributed by atoms with Crippen molar-refractivity contribution in [1.82, 2.24) is 10.3 Å². The molecule has 1 aromatic heterocycles. The Bertz CT molecular complexity index is 406. The standard InChI is InChI=1S/C12H17N3O3/c1-8(2)10(11(16)18-3)15-12(17)14-9-6-4-5-7-13-9/h4-8,10H,1-3H3,(H2,13,14,15,17). The number of hydrogen-bond donors (Lipinski definition) is 2. The number of pyridine rings is 1. The number of rotatable bonds is 4. The molecule has 6 heteroatoms. The number of anilines is 1. The van der Waals surface area contributed by atoms with Gasteiger partial charge in [-0.3, -0.25) is 5.32 Å². The number of hydrogen-bond acceptors (Lipinski definition) is 4. The predicted octanol–water partition coefficient (Wildman–Crippen LogP) is 1.40. The molecule has 1 heterocycles. The van der Waals surface area contributed by atoms with Gasteiger partial charge >= 0.3 is 12.0 Å². The summed E-state index contributed by atoms with van der Waals surface area (Å²) in [6.45, 7) is 3.64. The second-order valence-corrected chi connectivity index (χ2v) is 4.06. The van der Waals surface area contributed by atoms with Crippen LogP contribution in [-0.4, -0.2) is 30.1 Å². The summed E-state index contributed by atoms with van der Waals surface area (Å²) in [6.07, 6.45) is 1.57. The van der Waals surface area contributed by atoms with Gasteiger partial charge in [-0.25, -0.2) is 14.6 Å². The average Bonchev–Trinajstić information content (AvgIpc) is 2.36. The van der Waals surface area contributed by atoms with Crippen molar-refractivity contribution in [3.63, 3.8) is 0 Å². The van der Waals surface area contributed by atoms with E-state index >= 15 is 0 Å². The molecule has 0 fully saturated rings. The van der Waals surface area contributed by atoms with Crippen molar-refractivity contribution >= 4 is 17.8 Å². The lowest BCUT2D eigenvalue weighted by Gasteiger charge is -2.19. The number of urea groups is 1. The molecule has 0 bridgehead atoms. The number of carbonyl (C=O) groups is 2. The minimum atomic E-state index is -0.682. The van der Waals surface area contributed by atoms with Crippen LogP contribution in [0.3, 0.4) is 0 Å². The zero-order chi connectivity index (χ0) is 13.5. The fraction of sp³-hybridized carbons (Fsp3) is 0.417. The van der Waals surface area contributed by atoms with Crippen molar-refractivity contribution in [1.29, 1.82) is 0 Å². The van der Waals surface area contributed by atoms with E-state index in [1.807, 2.05) is 13.8 Å². The molecule has 6 nitrogen and oxygen atoms in total. The smallest absolute Gasteiger partial charge is 0.328 e. The Kier molecular flexibility index (Phi) is 5.10. The van der Waals surface area contributed by atoms with Gasteiger partial charge in [-0.2, -0.15) is 0 Å². The molecule has 0 aliphatic heterocycles. The second kappa shape index (κ2) is 6.58. The molecule has 1 aromatic rings. The highest BCUT2D eigenvalue weighted by molar-refractivity contribution is 5.91. The average molecular weight is 251 g/mol. The normalized spacial score (nSPS) is 11.8. The number of aromatic nitrogens is 1. The maximum atomic E-state index is 11.7. The van der Waals surface area contributed by atoms with E-state index in [0.29, 0.717) is 5.82 Å². The van der Waals surface area contributed by atoms with Gasteiger partial charge in [0, 0.05) is 6.20 Å². The number of nitrogens with zero attached hydrogens (tertiary/aromatic N) is 1. The molecule has 0 spiro atoms. The highest BCUT2D eigenvalue weighted by atomic mass is 16.5. The fourth-order valence-corrected chi connectivity index (χ4v) is 1.36. The van der Waals surface area contributed by atoms with Gasteiger partial charge in [-0.15, -0.1) is 0 Å². The molecule has 1 atom stereocenters. The maximum absolute atomic E-state index is 11.7. The van der Waals surface area contributed by atoms with Crippen LogP contribution in [0.2, 0.25) is 0 Å². The summed E-state index contributed by atoms with van der Waals surface area (Å²) in [5, 5.41) is 5.09. The predicted molar refractivity (Wildman–Crippen MR) is 67.0 cm³/mol. The molecule has 0 radical (unpaired) electrons. The Morgan fingerprint density at radius 3 is 2.56 bits per heavy atom. The van der Waals surface area contributed by atoms with Gasteiger partial charge in [-0.05, 0) is 18.1 Å². The lowest BCUT2D eigenvalue weighted by Crippen LogP contribution is -2.46. The van der Waals surface area contributed by atoms with Crippen LogP contribution in [0.25, 0.3) is 0 Å².